The minimum Gasteiger partial charge on any atom is -0.444 e. The van der Waals surface area contributed by atoms with Crippen LogP contribution in [0.3, 0.4) is 0 Å². The molecule has 1 saturated carbocycles. The maximum atomic E-state index is 14.5. The molecule has 0 radical (unpaired) electrons. The summed E-state index contributed by atoms with van der Waals surface area (Å²) in [6.07, 6.45) is 4.00. The highest BCUT2D eigenvalue weighted by Crippen LogP contribution is 2.46. The molecule has 3 heterocycles. The number of benzene rings is 2. The summed E-state index contributed by atoms with van der Waals surface area (Å²) in [6.45, 7) is 6.79. The highest BCUT2D eigenvalue weighted by atomic mass is 32.2. The van der Waals surface area contributed by atoms with Gasteiger partial charge in [-0.05, 0) is 70.6 Å². The Morgan fingerprint density at radius 3 is 2.55 bits per heavy atom. The number of alkyl carbamates (subject to hydrolysis) is 1. The molecule has 5 amide bonds. The summed E-state index contributed by atoms with van der Waals surface area (Å²) in [5.41, 5.74) is -0.117. The van der Waals surface area contributed by atoms with E-state index in [0.717, 1.165) is 12.0 Å². The predicted octanol–water partition coefficient (Wildman–Crippen LogP) is 4.49. The molecule has 0 spiro atoms. The molecule has 2 fully saturated rings. The molecule has 1 aliphatic carbocycles. The zero-order valence-electron chi connectivity index (χ0n) is 32.1. The lowest BCUT2D eigenvalue weighted by Crippen LogP contribution is -2.58. The maximum absolute atomic E-state index is 14.5. The average Bonchev–Trinajstić information content (AvgIpc) is 3.40. The summed E-state index contributed by atoms with van der Waals surface area (Å²) >= 11 is 0. The first-order chi connectivity index (χ1) is 26.4. The zero-order valence-corrected chi connectivity index (χ0v) is 33.0. The van der Waals surface area contributed by atoms with E-state index in [-0.39, 0.29) is 38.9 Å². The molecule has 2 aromatic carbocycles. The van der Waals surface area contributed by atoms with Gasteiger partial charge in [0.1, 0.15) is 35.1 Å². The molecule has 302 valence electrons. The van der Waals surface area contributed by atoms with Crippen LogP contribution in [0.2, 0.25) is 0 Å². The Morgan fingerprint density at radius 1 is 1.05 bits per heavy atom. The van der Waals surface area contributed by atoms with Gasteiger partial charge in [0.05, 0.1) is 18.8 Å². The van der Waals surface area contributed by atoms with Gasteiger partial charge in [-0.25, -0.2) is 22.4 Å². The third-order valence-corrected chi connectivity index (χ3v) is 11.7. The summed E-state index contributed by atoms with van der Waals surface area (Å²) in [6, 6.07) is 9.13. The largest absolute Gasteiger partial charge is 0.444 e. The molecule has 6 rings (SSSR count). The number of carbonyl (C=O) groups excluding carboxylic acids is 5. The molecule has 1 saturated heterocycles. The van der Waals surface area contributed by atoms with Gasteiger partial charge in [-0.1, -0.05) is 67.0 Å². The number of ether oxygens (including phenoxy) is 2. The van der Waals surface area contributed by atoms with Crippen molar-refractivity contribution in [2.24, 2.45) is 5.92 Å². The van der Waals surface area contributed by atoms with Crippen LogP contribution in [0, 0.1) is 18.7 Å². The smallest absolute Gasteiger partial charge is 0.410 e. The first kappa shape index (κ1) is 40.7. The molecule has 0 aromatic heterocycles. The topological polar surface area (TPSA) is 181 Å². The van der Waals surface area contributed by atoms with E-state index >= 15 is 0 Å². The number of hydrogen-bond acceptors (Lipinski definition) is 9. The second kappa shape index (κ2) is 16.2. The van der Waals surface area contributed by atoms with Gasteiger partial charge in [0.25, 0.3) is 5.91 Å². The van der Waals surface area contributed by atoms with Crippen molar-refractivity contribution in [3.63, 3.8) is 0 Å². The van der Waals surface area contributed by atoms with Gasteiger partial charge in [0.2, 0.25) is 21.8 Å². The number of aryl methyl sites for hydroxylation is 1. The molecular formula is C40H50FN5O9S. The quantitative estimate of drug-likeness (QED) is 0.355. The molecule has 14 nitrogen and oxygen atoms in total. The van der Waals surface area contributed by atoms with Crippen molar-refractivity contribution in [2.45, 2.75) is 121 Å². The Morgan fingerprint density at radius 2 is 1.82 bits per heavy atom. The fourth-order valence-electron chi connectivity index (χ4n) is 7.63. The number of hydrogen-bond donors (Lipinski definition) is 3. The third kappa shape index (κ3) is 9.68. The molecule has 4 aliphatic rings. The number of nitrogens with zero attached hydrogens (tertiary/aromatic N) is 2. The van der Waals surface area contributed by atoms with Crippen LogP contribution >= 0.6 is 0 Å². The van der Waals surface area contributed by atoms with E-state index in [9.17, 15) is 36.8 Å². The number of nitrogens with one attached hydrogen (secondary N) is 3. The van der Waals surface area contributed by atoms with E-state index in [1.165, 1.54) is 15.9 Å². The molecule has 16 heteroatoms. The van der Waals surface area contributed by atoms with Crippen molar-refractivity contribution in [3.8, 4) is 0 Å². The van der Waals surface area contributed by atoms with Gasteiger partial charge in [-0.2, -0.15) is 0 Å². The minimum absolute atomic E-state index is 0.0126. The van der Waals surface area contributed by atoms with Gasteiger partial charge in [0.15, 0.2) is 0 Å². The summed E-state index contributed by atoms with van der Waals surface area (Å²) in [5.74, 6) is -3.68. The van der Waals surface area contributed by atoms with Crippen molar-refractivity contribution in [2.75, 3.05) is 6.54 Å². The van der Waals surface area contributed by atoms with Crippen LogP contribution < -0.4 is 15.4 Å². The van der Waals surface area contributed by atoms with E-state index in [2.05, 4.69) is 15.4 Å². The van der Waals surface area contributed by atoms with Gasteiger partial charge in [-0.3, -0.25) is 24.0 Å². The van der Waals surface area contributed by atoms with Crippen LogP contribution in [0.1, 0.15) is 88.0 Å². The highest BCUT2D eigenvalue weighted by molar-refractivity contribution is 7.89. The van der Waals surface area contributed by atoms with Crippen LogP contribution in [-0.4, -0.2) is 84.0 Å². The van der Waals surface area contributed by atoms with E-state index < -0.39 is 86.7 Å². The van der Waals surface area contributed by atoms with Gasteiger partial charge >= 0.3 is 12.2 Å². The van der Waals surface area contributed by atoms with Crippen molar-refractivity contribution in [1.29, 1.82) is 0 Å². The Hall–Kier alpha value is -4.99. The monoisotopic (exact) mass is 795 g/mol. The maximum Gasteiger partial charge on any atom is 0.410 e. The van der Waals surface area contributed by atoms with Crippen molar-refractivity contribution in [3.05, 3.63) is 82.7 Å². The number of allylic oxidation sites excluding steroid dienone is 1. The molecule has 2 aromatic rings. The molecular weight excluding hydrogens is 746 g/mol. The number of rotatable bonds is 6. The SMILES string of the molecule is Cc1cccc(CS(=O)(=O)NC(=O)[C@@]23C[C@H]2C=CCCCCC[C@H](NC(=O)OC(C)(C)C)C(=O)N2C[C@H](OC(=O)N4Cc5cccc(F)c5C4)C[C@H]2C(=O)N3)c1. The molecule has 5 atom stereocenters. The van der Waals surface area contributed by atoms with E-state index in [0.29, 0.717) is 36.0 Å². The van der Waals surface area contributed by atoms with Crippen LogP contribution in [0.4, 0.5) is 14.0 Å². The van der Waals surface area contributed by atoms with E-state index in [4.69, 9.17) is 9.47 Å². The van der Waals surface area contributed by atoms with Crippen LogP contribution in [0.25, 0.3) is 0 Å². The first-order valence-electron chi connectivity index (χ1n) is 19.0. The van der Waals surface area contributed by atoms with Gasteiger partial charge < -0.3 is 25.0 Å². The van der Waals surface area contributed by atoms with Crippen LogP contribution in [-0.2, 0) is 52.7 Å². The average molecular weight is 796 g/mol. The lowest BCUT2D eigenvalue weighted by atomic mass is 10.0. The zero-order chi connectivity index (χ0) is 40.4. The summed E-state index contributed by atoms with van der Waals surface area (Å²) in [5, 5.41) is 5.47. The minimum atomic E-state index is -4.18. The highest BCUT2D eigenvalue weighted by Gasteiger charge is 2.61. The van der Waals surface area contributed by atoms with Crippen LogP contribution in [0.5, 0.6) is 0 Å². The summed E-state index contributed by atoms with van der Waals surface area (Å²) in [7, 11) is -4.18. The van der Waals surface area contributed by atoms with Gasteiger partial charge in [-0.15, -0.1) is 0 Å². The second-order valence-electron chi connectivity index (χ2n) is 16.2. The van der Waals surface area contributed by atoms with E-state index in [1.54, 1.807) is 57.2 Å². The van der Waals surface area contributed by atoms with Crippen molar-refractivity contribution < 1.29 is 46.3 Å². The number of sulfonamides is 1. The third-order valence-electron chi connectivity index (χ3n) is 10.5. The Kier molecular flexibility index (Phi) is 11.8. The Bertz CT molecular complexity index is 2020. The summed E-state index contributed by atoms with van der Waals surface area (Å²) in [4.78, 5) is 71.6. The second-order valence-corrected chi connectivity index (χ2v) is 17.9. The van der Waals surface area contributed by atoms with Crippen molar-refractivity contribution in [1.82, 2.24) is 25.2 Å². The number of carbonyl (C=O) groups is 5. The fraction of sp³-hybridized carbons (Fsp3) is 0.525. The number of amides is 5. The predicted molar refractivity (Wildman–Crippen MR) is 202 cm³/mol. The van der Waals surface area contributed by atoms with E-state index in [1.807, 2.05) is 19.1 Å². The molecule has 0 bridgehead atoms. The Balaban J connectivity index is 1.25. The fourth-order valence-corrected chi connectivity index (χ4v) is 8.79. The molecule has 3 N–H and O–H groups in total. The van der Waals surface area contributed by atoms with Crippen molar-refractivity contribution >= 4 is 39.9 Å². The molecule has 0 unspecified atom stereocenters. The molecule has 56 heavy (non-hydrogen) atoms. The normalized spacial score (nSPS) is 25.4. The number of halogens is 1. The lowest BCUT2D eigenvalue weighted by Gasteiger charge is -2.30. The van der Waals surface area contributed by atoms with Crippen LogP contribution in [0.15, 0.2) is 54.6 Å². The Labute approximate surface area is 326 Å². The summed E-state index contributed by atoms with van der Waals surface area (Å²) < 4.78 is 54.4. The number of fused-ring (bicyclic) bond motifs is 3. The van der Waals surface area contributed by atoms with Gasteiger partial charge in [0, 0.05) is 24.4 Å². The molecule has 3 aliphatic heterocycles. The lowest BCUT2D eigenvalue weighted by molar-refractivity contribution is -0.141. The first-order valence-corrected chi connectivity index (χ1v) is 20.7. The standard InChI is InChI=1S/C40H50FN5O9S/c1-25-12-10-13-26(18-25)24-56(52,53)44-36(49)40-20-28(40)15-8-6-5-7-9-17-32(42-37(50)55-39(2,3)4)35(48)46-22-29(19-33(46)34(47)43-40)54-38(51)45-21-27-14-11-16-31(41)30(27)23-45/h8,10-16,18,28-29,32-33H,5-7,9,17,19-24H2,1-4H3,(H,42,50)(H,43,47)(H,44,49)/t28-,29-,32+,33+,40-/m1/s1.